The molecule has 1 aromatic carbocycles. The Kier molecular flexibility index (Phi) is 4.04. The summed E-state index contributed by atoms with van der Waals surface area (Å²) in [4.78, 5) is 10.6. The van der Waals surface area contributed by atoms with Crippen LogP contribution >= 0.6 is 0 Å². The van der Waals surface area contributed by atoms with Crippen molar-refractivity contribution in [1.82, 2.24) is 0 Å². The molecule has 0 bridgehead atoms. The third-order valence-electron chi connectivity index (χ3n) is 2.78. The van der Waals surface area contributed by atoms with Crippen LogP contribution in [0.1, 0.15) is 29.2 Å². The summed E-state index contributed by atoms with van der Waals surface area (Å²) in [6.45, 7) is 4.02. The highest BCUT2D eigenvalue weighted by atomic mass is 16.4. The predicted octanol–water partition coefficient (Wildman–Crippen LogP) is 1.11. The van der Waals surface area contributed by atoms with Crippen molar-refractivity contribution < 1.29 is 9.90 Å². The van der Waals surface area contributed by atoms with Crippen molar-refractivity contribution in [2.75, 3.05) is 0 Å². The summed E-state index contributed by atoms with van der Waals surface area (Å²) < 4.78 is 0. The number of rotatable bonds is 4. The van der Waals surface area contributed by atoms with Crippen molar-refractivity contribution in [1.29, 1.82) is 0 Å². The Morgan fingerprint density at radius 3 is 2.44 bits per heavy atom. The molecule has 0 aliphatic rings. The molecule has 0 amide bonds. The number of hydrogen-bond donors (Lipinski definition) is 3. The van der Waals surface area contributed by atoms with E-state index in [1.54, 1.807) is 0 Å². The Morgan fingerprint density at radius 1 is 1.31 bits per heavy atom. The van der Waals surface area contributed by atoms with Crippen molar-refractivity contribution in [2.24, 2.45) is 11.5 Å². The molecular formula is C12H18N2O2. The third-order valence-corrected chi connectivity index (χ3v) is 2.78. The molecule has 0 aliphatic carbocycles. The fourth-order valence-electron chi connectivity index (χ4n) is 1.51. The highest BCUT2D eigenvalue weighted by Crippen LogP contribution is 2.18. The molecule has 2 atom stereocenters. The first-order chi connectivity index (χ1) is 7.41. The summed E-state index contributed by atoms with van der Waals surface area (Å²) in [7, 11) is 0. The van der Waals surface area contributed by atoms with Gasteiger partial charge in [0.05, 0.1) is 0 Å². The van der Waals surface area contributed by atoms with Crippen LogP contribution in [0.5, 0.6) is 0 Å². The molecule has 0 saturated heterocycles. The van der Waals surface area contributed by atoms with Gasteiger partial charge in [0.25, 0.3) is 0 Å². The van der Waals surface area contributed by atoms with Crippen LogP contribution in [0.25, 0.3) is 0 Å². The van der Waals surface area contributed by atoms with Crippen LogP contribution < -0.4 is 11.5 Å². The molecule has 4 heteroatoms. The molecule has 4 nitrogen and oxygen atoms in total. The number of aliphatic carboxylic acids is 1. The number of carbonyl (C=O) groups is 1. The van der Waals surface area contributed by atoms with E-state index in [4.69, 9.17) is 16.6 Å². The van der Waals surface area contributed by atoms with Gasteiger partial charge in [0, 0.05) is 6.04 Å². The van der Waals surface area contributed by atoms with Gasteiger partial charge in [-0.15, -0.1) is 0 Å². The van der Waals surface area contributed by atoms with Crippen LogP contribution in [-0.4, -0.2) is 17.1 Å². The zero-order valence-corrected chi connectivity index (χ0v) is 9.60. The minimum Gasteiger partial charge on any atom is -0.480 e. The van der Waals surface area contributed by atoms with Crippen LogP contribution in [-0.2, 0) is 4.79 Å². The second-order valence-corrected chi connectivity index (χ2v) is 4.13. The molecule has 0 heterocycles. The largest absolute Gasteiger partial charge is 0.480 e. The van der Waals surface area contributed by atoms with E-state index in [1.165, 1.54) is 5.56 Å². The maximum Gasteiger partial charge on any atom is 0.320 e. The fraction of sp³-hybridized carbons (Fsp3) is 0.417. The van der Waals surface area contributed by atoms with E-state index < -0.39 is 12.0 Å². The van der Waals surface area contributed by atoms with Gasteiger partial charge in [0.2, 0.25) is 0 Å². The Morgan fingerprint density at radius 2 is 1.94 bits per heavy atom. The zero-order valence-electron chi connectivity index (χ0n) is 9.60. The Hall–Kier alpha value is -1.39. The summed E-state index contributed by atoms with van der Waals surface area (Å²) in [6, 6.07) is 4.65. The van der Waals surface area contributed by atoms with Gasteiger partial charge < -0.3 is 16.6 Å². The molecule has 0 aliphatic heterocycles. The Balaban J connectivity index is 2.76. The normalized spacial score (nSPS) is 14.5. The fourth-order valence-corrected chi connectivity index (χ4v) is 1.51. The molecule has 1 rings (SSSR count). The quantitative estimate of drug-likeness (QED) is 0.711. The zero-order chi connectivity index (χ0) is 12.3. The van der Waals surface area contributed by atoms with Gasteiger partial charge in [-0.05, 0) is 37.0 Å². The summed E-state index contributed by atoms with van der Waals surface area (Å²) in [5.74, 6) is -1.01. The summed E-state index contributed by atoms with van der Waals surface area (Å²) in [6.07, 6.45) is 0.248. The molecule has 0 spiro atoms. The molecule has 0 aromatic heterocycles. The van der Waals surface area contributed by atoms with E-state index in [2.05, 4.69) is 0 Å². The van der Waals surface area contributed by atoms with Gasteiger partial charge in [-0.25, -0.2) is 0 Å². The van der Waals surface area contributed by atoms with E-state index in [0.29, 0.717) is 0 Å². The standard InChI is InChI=1S/C12H18N2O2/c1-7-3-4-9(5-8(7)2)10(13)6-11(14)12(15)16/h3-5,10-11H,6,13-14H2,1-2H3,(H,15,16). The predicted molar refractivity (Wildman–Crippen MR) is 63.1 cm³/mol. The molecule has 0 fully saturated rings. The first-order valence-electron chi connectivity index (χ1n) is 5.23. The van der Waals surface area contributed by atoms with Crippen molar-refractivity contribution in [3.05, 3.63) is 34.9 Å². The molecule has 0 radical (unpaired) electrons. The monoisotopic (exact) mass is 222 g/mol. The average Bonchev–Trinajstić information content (AvgIpc) is 2.21. The lowest BCUT2D eigenvalue weighted by Crippen LogP contribution is -2.33. The smallest absolute Gasteiger partial charge is 0.320 e. The number of benzene rings is 1. The summed E-state index contributed by atoms with van der Waals surface area (Å²) >= 11 is 0. The number of aryl methyl sites for hydroxylation is 2. The highest BCUT2D eigenvalue weighted by Gasteiger charge is 2.17. The number of carboxylic acids is 1. The molecule has 2 unspecified atom stereocenters. The van der Waals surface area contributed by atoms with Gasteiger partial charge in [0.1, 0.15) is 6.04 Å². The molecule has 1 aromatic rings. The van der Waals surface area contributed by atoms with Crippen molar-refractivity contribution in [2.45, 2.75) is 32.4 Å². The van der Waals surface area contributed by atoms with E-state index in [1.807, 2.05) is 32.0 Å². The van der Waals surface area contributed by atoms with Gasteiger partial charge in [-0.3, -0.25) is 4.79 Å². The summed E-state index contributed by atoms with van der Waals surface area (Å²) in [5, 5.41) is 8.70. The SMILES string of the molecule is Cc1ccc(C(N)CC(N)C(=O)O)cc1C. The Labute approximate surface area is 95.3 Å². The lowest BCUT2D eigenvalue weighted by molar-refractivity contribution is -0.138. The minimum absolute atomic E-state index is 0.248. The lowest BCUT2D eigenvalue weighted by Gasteiger charge is -2.15. The van der Waals surface area contributed by atoms with Gasteiger partial charge in [0.15, 0.2) is 0 Å². The van der Waals surface area contributed by atoms with E-state index in [9.17, 15) is 4.79 Å². The van der Waals surface area contributed by atoms with Gasteiger partial charge in [-0.2, -0.15) is 0 Å². The highest BCUT2D eigenvalue weighted by molar-refractivity contribution is 5.73. The first-order valence-corrected chi connectivity index (χ1v) is 5.23. The topological polar surface area (TPSA) is 89.3 Å². The molecule has 88 valence electrons. The number of hydrogen-bond acceptors (Lipinski definition) is 3. The molecule has 16 heavy (non-hydrogen) atoms. The maximum atomic E-state index is 10.6. The Bertz CT molecular complexity index is 391. The van der Waals surface area contributed by atoms with Crippen molar-refractivity contribution in [3.63, 3.8) is 0 Å². The average molecular weight is 222 g/mol. The van der Waals surface area contributed by atoms with Crippen molar-refractivity contribution in [3.8, 4) is 0 Å². The second-order valence-electron chi connectivity index (χ2n) is 4.13. The molecular weight excluding hydrogens is 204 g/mol. The van der Waals surface area contributed by atoms with E-state index in [0.717, 1.165) is 11.1 Å². The minimum atomic E-state index is -1.01. The summed E-state index contributed by atoms with van der Waals surface area (Å²) in [5.41, 5.74) is 14.6. The van der Waals surface area contributed by atoms with E-state index >= 15 is 0 Å². The second kappa shape index (κ2) is 5.09. The van der Waals surface area contributed by atoms with Crippen LogP contribution in [0.3, 0.4) is 0 Å². The molecule has 5 N–H and O–H groups in total. The number of nitrogens with two attached hydrogens (primary N) is 2. The van der Waals surface area contributed by atoms with Gasteiger partial charge >= 0.3 is 5.97 Å². The van der Waals surface area contributed by atoms with Crippen molar-refractivity contribution >= 4 is 5.97 Å². The number of carboxylic acid groups (broad SMARTS) is 1. The van der Waals surface area contributed by atoms with Crippen LogP contribution in [0, 0.1) is 13.8 Å². The lowest BCUT2D eigenvalue weighted by atomic mass is 9.97. The van der Waals surface area contributed by atoms with Crippen LogP contribution in [0.4, 0.5) is 0 Å². The van der Waals surface area contributed by atoms with Crippen LogP contribution in [0.2, 0.25) is 0 Å². The molecule has 0 saturated carbocycles. The third kappa shape index (κ3) is 3.05. The maximum absolute atomic E-state index is 10.6. The van der Waals surface area contributed by atoms with E-state index in [-0.39, 0.29) is 12.5 Å². The van der Waals surface area contributed by atoms with Gasteiger partial charge in [-0.1, -0.05) is 18.2 Å². The van der Waals surface area contributed by atoms with Crippen LogP contribution in [0.15, 0.2) is 18.2 Å². The first kappa shape index (κ1) is 12.7.